The molecule has 1 saturated heterocycles. The standard InChI is InChI=1S/C19H22N2/c1-6-12-21(13-7-1)19-14-15-8-2-4-10-17(15)20-18-11-5-3-9-16(18)19/h2-5,8-11,19-20H,1,6-7,12-14H2/p+1/t19-/m0/s1. The average molecular weight is 279 g/mol. The topological polar surface area (TPSA) is 16.5 Å². The van der Waals surface area contributed by atoms with E-state index in [2.05, 4.69) is 53.8 Å². The molecule has 0 aliphatic carbocycles. The Kier molecular flexibility index (Phi) is 3.40. The minimum absolute atomic E-state index is 0.595. The van der Waals surface area contributed by atoms with Gasteiger partial charge in [-0.2, -0.15) is 0 Å². The predicted molar refractivity (Wildman–Crippen MR) is 87.2 cm³/mol. The van der Waals surface area contributed by atoms with Crippen molar-refractivity contribution in [3.63, 3.8) is 0 Å². The fourth-order valence-corrected chi connectivity index (χ4v) is 3.93. The summed E-state index contributed by atoms with van der Waals surface area (Å²) in [5.41, 5.74) is 5.52. The molecule has 2 heteroatoms. The van der Waals surface area contributed by atoms with E-state index >= 15 is 0 Å². The Labute approximate surface area is 126 Å². The summed E-state index contributed by atoms with van der Waals surface area (Å²) in [6.07, 6.45) is 5.31. The molecule has 108 valence electrons. The SMILES string of the molecule is c1ccc2c(c1)C[C@H]([NH+]1CCCCC1)c1ccccc1N2. The maximum atomic E-state index is 3.66. The largest absolute Gasteiger partial charge is 0.355 e. The van der Waals surface area contributed by atoms with Crippen molar-refractivity contribution in [3.8, 4) is 0 Å². The van der Waals surface area contributed by atoms with E-state index in [1.807, 2.05) is 0 Å². The van der Waals surface area contributed by atoms with E-state index in [0.29, 0.717) is 6.04 Å². The molecule has 1 fully saturated rings. The van der Waals surface area contributed by atoms with Gasteiger partial charge in [-0.25, -0.2) is 0 Å². The van der Waals surface area contributed by atoms with E-state index in [0.717, 1.165) is 6.42 Å². The van der Waals surface area contributed by atoms with Gasteiger partial charge < -0.3 is 10.2 Å². The molecule has 2 aromatic rings. The maximum absolute atomic E-state index is 3.66. The second-order valence-corrected chi connectivity index (χ2v) is 6.35. The van der Waals surface area contributed by atoms with E-state index < -0.39 is 0 Å². The highest BCUT2D eigenvalue weighted by Crippen LogP contribution is 2.33. The number of anilines is 2. The molecule has 2 nitrogen and oxygen atoms in total. The van der Waals surface area contributed by atoms with Crippen molar-refractivity contribution in [1.29, 1.82) is 0 Å². The summed E-state index contributed by atoms with van der Waals surface area (Å²) >= 11 is 0. The van der Waals surface area contributed by atoms with Gasteiger partial charge in [0.2, 0.25) is 0 Å². The molecule has 2 heterocycles. The number of benzene rings is 2. The summed E-state index contributed by atoms with van der Waals surface area (Å²) in [5.74, 6) is 0. The van der Waals surface area contributed by atoms with Crippen molar-refractivity contribution in [1.82, 2.24) is 0 Å². The van der Waals surface area contributed by atoms with Crippen molar-refractivity contribution in [2.45, 2.75) is 31.7 Å². The molecular weight excluding hydrogens is 256 g/mol. The van der Waals surface area contributed by atoms with E-state index in [9.17, 15) is 0 Å². The van der Waals surface area contributed by atoms with Gasteiger partial charge in [-0.3, -0.25) is 0 Å². The summed E-state index contributed by atoms with van der Waals surface area (Å²) in [6.45, 7) is 2.64. The zero-order valence-corrected chi connectivity index (χ0v) is 12.4. The highest BCUT2D eigenvalue weighted by Gasteiger charge is 2.30. The lowest BCUT2D eigenvalue weighted by atomic mass is 9.95. The van der Waals surface area contributed by atoms with Gasteiger partial charge >= 0.3 is 0 Å². The number of rotatable bonds is 1. The Morgan fingerprint density at radius 3 is 2.38 bits per heavy atom. The van der Waals surface area contributed by atoms with Crippen LogP contribution in [0, 0.1) is 0 Å². The van der Waals surface area contributed by atoms with Crippen LogP contribution in [0.4, 0.5) is 11.4 Å². The minimum Gasteiger partial charge on any atom is -0.355 e. The smallest absolute Gasteiger partial charge is 0.119 e. The molecule has 0 unspecified atom stereocenters. The number of hydrogen-bond acceptors (Lipinski definition) is 1. The molecule has 0 saturated carbocycles. The van der Waals surface area contributed by atoms with Gasteiger partial charge in [0, 0.05) is 23.4 Å². The van der Waals surface area contributed by atoms with Gasteiger partial charge in [-0.05, 0) is 37.0 Å². The van der Waals surface area contributed by atoms with Crippen LogP contribution in [-0.2, 0) is 6.42 Å². The first-order chi connectivity index (χ1) is 10.4. The van der Waals surface area contributed by atoms with Crippen LogP contribution < -0.4 is 10.2 Å². The van der Waals surface area contributed by atoms with Gasteiger partial charge in [-0.15, -0.1) is 0 Å². The van der Waals surface area contributed by atoms with Crippen molar-refractivity contribution in [2.75, 3.05) is 18.4 Å². The number of para-hydroxylation sites is 2. The summed E-state index contributed by atoms with van der Waals surface area (Å²) in [4.78, 5) is 1.77. The van der Waals surface area contributed by atoms with Crippen molar-refractivity contribution >= 4 is 11.4 Å². The second-order valence-electron chi connectivity index (χ2n) is 6.35. The lowest BCUT2D eigenvalue weighted by Crippen LogP contribution is -3.13. The Morgan fingerprint density at radius 2 is 1.52 bits per heavy atom. The van der Waals surface area contributed by atoms with Crippen LogP contribution in [0.15, 0.2) is 48.5 Å². The predicted octanol–water partition coefficient (Wildman–Crippen LogP) is 3.10. The van der Waals surface area contributed by atoms with E-state index in [4.69, 9.17) is 0 Å². The van der Waals surface area contributed by atoms with Gasteiger partial charge in [0.05, 0.1) is 13.1 Å². The lowest BCUT2D eigenvalue weighted by Gasteiger charge is -2.32. The first-order valence-corrected chi connectivity index (χ1v) is 8.20. The molecule has 1 atom stereocenters. The average Bonchev–Trinajstić information content (AvgIpc) is 2.72. The van der Waals surface area contributed by atoms with E-state index in [1.54, 1.807) is 4.90 Å². The van der Waals surface area contributed by atoms with Crippen LogP contribution in [0.25, 0.3) is 0 Å². The van der Waals surface area contributed by atoms with Gasteiger partial charge in [0.15, 0.2) is 0 Å². The Morgan fingerprint density at radius 1 is 0.810 bits per heavy atom. The molecule has 0 radical (unpaired) electrons. The van der Waals surface area contributed by atoms with Gasteiger partial charge in [-0.1, -0.05) is 36.4 Å². The number of quaternary nitrogens is 1. The maximum Gasteiger partial charge on any atom is 0.119 e. The molecule has 0 spiro atoms. The molecule has 2 N–H and O–H groups in total. The zero-order chi connectivity index (χ0) is 14.1. The van der Waals surface area contributed by atoms with Crippen LogP contribution >= 0.6 is 0 Å². The van der Waals surface area contributed by atoms with Crippen molar-refractivity contribution in [3.05, 3.63) is 59.7 Å². The third-order valence-electron chi connectivity index (χ3n) is 5.04. The first kappa shape index (κ1) is 12.9. The molecular formula is C19H23N2+. The molecule has 0 amide bonds. The fraction of sp³-hybridized carbons (Fsp3) is 0.368. The molecule has 21 heavy (non-hydrogen) atoms. The summed E-state index contributed by atoms with van der Waals surface area (Å²) in [5, 5.41) is 3.66. The summed E-state index contributed by atoms with van der Waals surface area (Å²) in [6, 6.07) is 18.3. The summed E-state index contributed by atoms with van der Waals surface area (Å²) < 4.78 is 0. The van der Waals surface area contributed by atoms with Crippen LogP contribution in [0.5, 0.6) is 0 Å². The van der Waals surface area contributed by atoms with E-state index in [-0.39, 0.29) is 0 Å². The van der Waals surface area contributed by atoms with Crippen molar-refractivity contribution in [2.24, 2.45) is 0 Å². The highest BCUT2D eigenvalue weighted by molar-refractivity contribution is 5.68. The normalized spacial score (nSPS) is 21.8. The Bertz CT molecular complexity index is 629. The number of hydrogen-bond donors (Lipinski definition) is 2. The highest BCUT2D eigenvalue weighted by atomic mass is 15.2. The number of likely N-dealkylation sites (tertiary alicyclic amines) is 1. The molecule has 0 aromatic heterocycles. The molecule has 2 aliphatic heterocycles. The molecule has 2 aliphatic rings. The van der Waals surface area contributed by atoms with Crippen LogP contribution in [0.1, 0.15) is 36.4 Å². The van der Waals surface area contributed by atoms with Gasteiger partial charge in [0.25, 0.3) is 0 Å². The van der Waals surface area contributed by atoms with E-state index in [1.165, 1.54) is 54.9 Å². The molecule has 2 aromatic carbocycles. The second kappa shape index (κ2) is 5.53. The van der Waals surface area contributed by atoms with Crippen LogP contribution in [0.2, 0.25) is 0 Å². The van der Waals surface area contributed by atoms with Crippen LogP contribution in [-0.4, -0.2) is 13.1 Å². The van der Waals surface area contributed by atoms with Crippen molar-refractivity contribution < 1.29 is 4.90 Å². The zero-order valence-electron chi connectivity index (χ0n) is 12.4. The lowest BCUT2D eigenvalue weighted by molar-refractivity contribution is -0.936. The van der Waals surface area contributed by atoms with Gasteiger partial charge in [0.1, 0.15) is 6.04 Å². The number of nitrogens with one attached hydrogen (secondary N) is 2. The number of fused-ring (bicyclic) bond motifs is 2. The number of piperidine rings is 1. The quantitative estimate of drug-likeness (QED) is 0.820. The monoisotopic (exact) mass is 279 g/mol. The first-order valence-electron chi connectivity index (χ1n) is 8.20. The minimum atomic E-state index is 0.595. The Hall–Kier alpha value is -1.80. The summed E-state index contributed by atoms with van der Waals surface area (Å²) in [7, 11) is 0. The molecule has 4 rings (SSSR count). The fourth-order valence-electron chi connectivity index (χ4n) is 3.93. The molecule has 0 bridgehead atoms. The Balaban J connectivity index is 1.78. The third-order valence-corrected chi connectivity index (χ3v) is 5.04. The third kappa shape index (κ3) is 2.44. The van der Waals surface area contributed by atoms with Crippen LogP contribution in [0.3, 0.4) is 0 Å².